The van der Waals surface area contributed by atoms with Gasteiger partial charge in [0.2, 0.25) is 5.91 Å². The SMILES string of the molecule is CC(C)C[C@@H](NC(=O)C(C)c1cccnc1)C(=O)O. The molecule has 2 atom stereocenters. The number of carbonyl (C=O) groups is 2. The number of aromatic nitrogens is 1. The average molecular weight is 264 g/mol. The van der Waals surface area contributed by atoms with Crippen LogP contribution in [0.1, 0.15) is 38.7 Å². The van der Waals surface area contributed by atoms with E-state index in [0.717, 1.165) is 5.56 Å². The van der Waals surface area contributed by atoms with Crippen molar-refractivity contribution in [2.24, 2.45) is 5.92 Å². The van der Waals surface area contributed by atoms with Crippen molar-refractivity contribution < 1.29 is 14.7 Å². The zero-order chi connectivity index (χ0) is 14.4. The Morgan fingerprint density at radius 2 is 2.05 bits per heavy atom. The lowest BCUT2D eigenvalue weighted by Crippen LogP contribution is -2.43. The number of carboxylic acid groups (broad SMARTS) is 1. The van der Waals surface area contributed by atoms with Crippen LogP contribution in [0.4, 0.5) is 0 Å². The van der Waals surface area contributed by atoms with E-state index in [2.05, 4.69) is 10.3 Å². The molecule has 5 nitrogen and oxygen atoms in total. The van der Waals surface area contributed by atoms with Crippen LogP contribution < -0.4 is 5.32 Å². The molecule has 1 heterocycles. The first kappa shape index (κ1) is 15.1. The Hall–Kier alpha value is -1.91. The Labute approximate surface area is 113 Å². The second-order valence-electron chi connectivity index (χ2n) is 5.04. The number of rotatable bonds is 6. The number of carboxylic acids is 1. The van der Waals surface area contributed by atoms with Crippen molar-refractivity contribution in [1.29, 1.82) is 0 Å². The lowest BCUT2D eigenvalue weighted by molar-refractivity contribution is -0.142. The van der Waals surface area contributed by atoms with Gasteiger partial charge in [-0.25, -0.2) is 4.79 Å². The van der Waals surface area contributed by atoms with Gasteiger partial charge < -0.3 is 10.4 Å². The smallest absolute Gasteiger partial charge is 0.326 e. The predicted molar refractivity (Wildman–Crippen MR) is 71.7 cm³/mol. The summed E-state index contributed by atoms with van der Waals surface area (Å²) in [6, 6.07) is 2.71. The molecule has 1 aromatic heterocycles. The molecule has 0 bridgehead atoms. The molecular formula is C14H20N2O3. The van der Waals surface area contributed by atoms with Crippen molar-refractivity contribution in [3.63, 3.8) is 0 Å². The van der Waals surface area contributed by atoms with Gasteiger partial charge in [-0.15, -0.1) is 0 Å². The quantitative estimate of drug-likeness (QED) is 0.821. The van der Waals surface area contributed by atoms with Crippen molar-refractivity contribution in [3.8, 4) is 0 Å². The lowest BCUT2D eigenvalue weighted by atomic mass is 10.00. The summed E-state index contributed by atoms with van der Waals surface area (Å²) in [6.45, 7) is 5.58. The summed E-state index contributed by atoms with van der Waals surface area (Å²) in [5, 5.41) is 11.7. The summed E-state index contributed by atoms with van der Waals surface area (Å²) in [5.41, 5.74) is 0.772. The second-order valence-corrected chi connectivity index (χ2v) is 5.04. The fraction of sp³-hybridized carbons (Fsp3) is 0.500. The van der Waals surface area contributed by atoms with Gasteiger partial charge in [0.1, 0.15) is 6.04 Å². The molecule has 2 N–H and O–H groups in total. The monoisotopic (exact) mass is 264 g/mol. The molecule has 0 saturated heterocycles. The topological polar surface area (TPSA) is 79.3 Å². The molecule has 0 aliphatic heterocycles. The van der Waals surface area contributed by atoms with E-state index in [1.807, 2.05) is 13.8 Å². The minimum absolute atomic E-state index is 0.204. The van der Waals surface area contributed by atoms with E-state index in [1.165, 1.54) is 0 Å². The Morgan fingerprint density at radius 1 is 1.37 bits per heavy atom. The third kappa shape index (κ3) is 4.69. The zero-order valence-corrected chi connectivity index (χ0v) is 11.5. The number of carbonyl (C=O) groups excluding carboxylic acids is 1. The molecule has 0 aliphatic rings. The van der Waals surface area contributed by atoms with Gasteiger partial charge in [0, 0.05) is 12.4 Å². The second kappa shape index (κ2) is 6.87. The first-order valence-corrected chi connectivity index (χ1v) is 6.35. The van der Waals surface area contributed by atoms with Gasteiger partial charge in [-0.1, -0.05) is 19.9 Å². The van der Waals surface area contributed by atoms with Crippen molar-refractivity contribution in [2.75, 3.05) is 0 Å². The first-order valence-electron chi connectivity index (χ1n) is 6.35. The van der Waals surface area contributed by atoms with E-state index >= 15 is 0 Å². The third-order valence-electron chi connectivity index (χ3n) is 2.90. The highest BCUT2D eigenvalue weighted by Gasteiger charge is 2.24. The zero-order valence-electron chi connectivity index (χ0n) is 11.5. The molecule has 0 radical (unpaired) electrons. The van der Waals surface area contributed by atoms with Crippen LogP contribution in [0.15, 0.2) is 24.5 Å². The minimum Gasteiger partial charge on any atom is -0.480 e. The molecule has 19 heavy (non-hydrogen) atoms. The molecule has 0 aliphatic carbocycles. The van der Waals surface area contributed by atoms with Crippen LogP contribution in [0.5, 0.6) is 0 Å². The summed E-state index contributed by atoms with van der Waals surface area (Å²) >= 11 is 0. The molecule has 0 aromatic carbocycles. The number of hydrogen-bond donors (Lipinski definition) is 2. The van der Waals surface area contributed by atoms with Crippen LogP contribution in [0.2, 0.25) is 0 Å². The maximum atomic E-state index is 12.0. The number of nitrogens with zero attached hydrogens (tertiary/aromatic N) is 1. The van der Waals surface area contributed by atoms with E-state index in [4.69, 9.17) is 5.11 Å². The highest BCUT2D eigenvalue weighted by atomic mass is 16.4. The maximum Gasteiger partial charge on any atom is 0.326 e. The molecule has 1 rings (SSSR count). The molecule has 0 saturated carbocycles. The van der Waals surface area contributed by atoms with Gasteiger partial charge in [0.05, 0.1) is 5.92 Å². The van der Waals surface area contributed by atoms with E-state index in [9.17, 15) is 9.59 Å². The summed E-state index contributed by atoms with van der Waals surface area (Å²) in [4.78, 5) is 27.1. The standard InChI is InChI=1S/C14H20N2O3/c1-9(2)7-12(14(18)19)16-13(17)10(3)11-5-4-6-15-8-11/h4-6,8-10,12H,7H2,1-3H3,(H,16,17)(H,18,19)/t10?,12-/m1/s1. The molecule has 1 unspecified atom stereocenters. The van der Waals surface area contributed by atoms with E-state index < -0.39 is 17.9 Å². The Bertz CT molecular complexity index is 432. The largest absolute Gasteiger partial charge is 0.480 e. The molecule has 1 aromatic rings. The fourth-order valence-corrected chi connectivity index (χ4v) is 1.77. The van der Waals surface area contributed by atoms with Crippen LogP contribution in [-0.4, -0.2) is 28.0 Å². The number of pyridine rings is 1. The first-order chi connectivity index (χ1) is 8.91. The van der Waals surface area contributed by atoms with Crippen molar-refractivity contribution in [3.05, 3.63) is 30.1 Å². The Morgan fingerprint density at radius 3 is 2.53 bits per heavy atom. The van der Waals surface area contributed by atoms with Crippen LogP contribution in [0.3, 0.4) is 0 Å². The number of amides is 1. The van der Waals surface area contributed by atoms with E-state index in [-0.39, 0.29) is 11.8 Å². The molecule has 0 spiro atoms. The molecule has 1 amide bonds. The summed E-state index contributed by atoms with van der Waals surface area (Å²) in [6.07, 6.45) is 3.66. The van der Waals surface area contributed by atoms with Crippen molar-refractivity contribution in [2.45, 2.75) is 39.2 Å². The highest BCUT2D eigenvalue weighted by Crippen LogP contribution is 2.14. The van der Waals surface area contributed by atoms with Gasteiger partial charge in [-0.05, 0) is 30.9 Å². The maximum absolute atomic E-state index is 12.0. The Kier molecular flexibility index (Phi) is 5.48. The van der Waals surface area contributed by atoms with Crippen LogP contribution in [-0.2, 0) is 9.59 Å². The molecule has 104 valence electrons. The van der Waals surface area contributed by atoms with Crippen LogP contribution in [0.25, 0.3) is 0 Å². The van der Waals surface area contributed by atoms with Gasteiger partial charge >= 0.3 is 5.97 Å². The number of hydrogen-bond acceptors (Lipinski definition) is 3. The van der Waals surface area contributed by atoms with Gasteiger partial charge in [0.15, 0.2) is 0 Å². The van der Waals surface area contributed by atoms with Crippen molar-refractivity contribution >= 4 is 11.9 Å². The minimum atomic E-state index is -1.000. The van der Waals surface area contributed by atoms with Gasteiger partial charge in [-0.2, -0.15) is 0 Å². The van der Waals surface area contributed by atoms with Gasteiger partial charge in [0.25, 0.3) is 0 Å². The van der Waals surface area contributed by atoms with E-state index in [1.54, 1.807) is 31.5 Å². The number of nitrogens with one attached hydrogen (secondary N) is 1. The van der Waals surface area contributed by atoms with Crippen LogP contribution >= 0.6 is 0 Å². The highest BCUT2D eigenvalue weighted by molar-refractivity contribution is 5.87. The fourth-order valence-electron chi connectivity index (χ4n) is 1.77. The predicted octanol–water partition coefficient (Wildman–Crippen LogP) is 1.80. The van der Waals surface area contributed by atoms with Crippen LogP contribution in [0, 0.1) is 5.92 Å². The average Bonchev–Trinajstić information content (AvgIpc) is 2.37. The normalized spacial score (nSPS) is 13.9. The van der Waals surface area contributed by atoms with Gasteiger partial charge in [-0.3, -0.25) is 9.78 Å². The lowest BCUT2D eigenvalue weighted by Gasteiger charge is -2.19. The number of aliphatic carboxylic acids is 1. The summed E-state index contributed by atoms with van der Waals surface area (Å²) in [5.74, 6) is -1.50. The summed E-state index contributed by atoms with van der Waals surface area (Å²) < 4.78 is 0. The molecule has 0 fully saturated rings. The van der Waals surface area contributed by atoms with Crippen molar-refractivity contribution in [1.82, 2.24) is 10.3 Å². The summed E-state index contributed by atoms with van der Waals surface area (Å²) in [7, 11) is 0. The molecular weight excluding hydrogens is 244 g/mol. The third-order valence-corrected chi connectivity index (χ3v) is 2.90. The molecule has 5 heteroatoms. The Balaban J connectivity index is 2.69. The van der Waals surface area contributed by atoms with E-state index in [0.29, 0.717) is 6.42 Å².